The van der Waals surface area contributed by atoms with Crippen LogP contribution in [0.4, 0.5) is 0 Å². The van der Waals surface area contributed by atoms with Gasteiger partial charge in [0.1, 0.15) is 0 Å². The SMILES string of the molecule is O=C1OC(c2ccc3c(c2)OCO3)=N/C1=C/c1cc2c(cc1Cl)OCO2. The highest BCUT2D eigenvalue weighted by Gasteiger charge is 2.26. The minimum Gasteiger partial charge on any atom is -0.454 e. The van der Waals surface area contributed by atoms with E-state index in [9.17, 15) is 4.79 Å². The molecule has 0 N–H and O–H groups in total. The van der Waals surface area contributed by atoms with Gasteiger partial charge in [0.15, 0.2) is 28.7 Å². The number of hydrogen-bond acceptors (Lipinski definition) is 7. The Kier molecular flexibility index (Phi) is 3.29. The zero-order valence-electron chi connectivity index (χ0n) is 13.2. The maximum atomic E-state index is 12.2. The van der Waals surface area contributed by atoms with Crippen molar-refractivity contribution in [1.29, 1.82) is 0 Å². The first-order valence-corrected chi connectivity index (χ1v) is 8.07. The third-order valence-corrected chi connectivity index (χ3v) is 4.35. The molecule has 2 aromatic carbocycles. The standard InChI is InChI=1S/C18H10ClNO6/c19-11-6-16-15(24-8-25-16)5-10(11)3-12-18(21)26-17(20-12)9-1-2-13-14(4-9)23-7-22-13/h1-6H,7-8H2/b12-3+. The van der Waals surface area contributed by atoms with Gasteiger partial charge in [0.05, 0.1) is 5.02 Å². The monoisotopic (exact) mass is 371 g/mol. The number of benzene rings is 2. The summed E-state index contributed by atoms with van der Waals surface area (Å²) in [5.41, 5.74) is 1.33. The number of ether oxygens (including phenoxy) is 5. The Labute approximate surface area is 152 Å². The fraction of sp³-hybridized carbons (Fsp3) is 0.111. The summed E-state index contributed by atoms with van der Waals surface area (Å²) >= 11 is 6.24. The van der Waals surface area contributed by atoms with Gasteiger partial charge in [-0.3, -0.25) is 0 Å². The predicted octanol–water partition coefficient (Wildman–Crippen LogP) is 3.14. The lowest BCUT2D eigenvalue weighted by atomic mass is 10.1. The van der Waals surface area contributed by atoms with Crippen LogP contribution in [0.3, 0.4) is 0 Å². The van der Waals surface area contributed by atoms with Gasteiger partial charge in [0.2, 0.25) is 19.5 Å². The summed E-state index contributed by atoms with van der Waals surface area (Å²) in [4.78, 5) is 16.5. The third-order valence-electron chi connectivity index (χ3n) is 4.02. The van der Waals surface area contributed by atoms with Crippen molar-refractivity contribution in [1.82, 2.24) is 0 Å². The van der Waals surface area contributed by atoms with Crippen LogP contribution in [-0.4, -0.2) is 25.5 Å². The van der Waals surface area contributed by atoms with Crippen LogP contribution in [0.25, 0.3) is 6.08 Å². The van der Waals surface area contributed by atoms with Crippen LogP contribution in [0, 0.1) is 0 Å². The Hall–Kier alpha value is -3.19. The van der Waals surface area contributed by atoms with Gasteiger partial charge in [-0.25, -0.2) is 9.79 Å². The number of nitrogens with zero attached hydrogens (tertiary/aromatic N) is 1. The highest BCUT2D eigenvalue weighted by Crippen LogP contribution is 2.38. The topological polar surface area (TPSA) is 75.6 Å². The van der Waals surface area contributed by atoms with Crippen LogP contribution in [-0.2, 0) is 9.53 Å². The van der Waals surface area contributed by atoms with Crippen LogP contribution in [0.15, 0.2) is 41.0 Å². The van der Waals surface area contributed by atoms with E-state index in [4.69, 9.17) is 35.3 Å². The van der Waals surface area contributed by atoms with E-state index in [-0.39, 0.29) is 25.2 Å². The molecule has 0 aromatic heterocycles. The largest absolute Gasteiger partial charge is 0.454 e. The highest BCUT2D eigenvalue weighted by atomic mass is 35.5. The van der Waals surface area contributed by atoms with E-state index < -0.39 is 5.97 Å². The Bertz CT molecular complexity index is 1010. The first kappa shape index (κ1) is 15.1. The number of esters is 1. The molecule has 3 aliphatic rings. The molecule has 0 atom stereocenters. The van der Waals surface area contributed by atoms with Crippen LogP contribution < -0.4 is 18.9 Å². The molecule has 26 heavy (non-hydrogen) atoms. The van der Waals surface area contributed by atoms with Gasteiger partial charge in [-0.1, -0.05) is 11.6 Å². The van der Waals surface area contributed by atoms with Gasteiger partial charge >= 0.3 is 5.97 Å². The summed E-state index contributed by atoms with van der Waals surface area (Å²) in [6.07, 6.45) is 1.55. The molecular weight excluding hydrogens is 362 g/mol. The average molecular weight is 372 g/mol. The highest BCUT2D eigenvalue weighted by molar-refractivity contribution is 6.32. The average Bonchev–Trinajstić information content (AvgIpc) is 3.34. The lowest BCUT2D eigenvalue weighted by Crippen LogP contribution is -2.05. The normalized spacial score (nSPS) is 18.3. The number of halogens is 1. The molecule has 2 aromatic rings. The van der Waals surface area contributed by atoms with Crippen molar-refractivity contribution < 1.29 is 28.5 Å². The zero-order chi connectivity index (χ0) is 17.7. The van der Waals surface area contributed by atoms with E-state index in [0.717, 1.165) is 0 Å². The Balaban J connectivity index is 1.50. The summed E-state index contributed by atoms with van der Waals surface area (Å²) in [7, 11) is 0. The lowest BCUT2D eigenvalue weighted by molar-refractivity contribution is -0.129. The Morgan fingerprint density at radius 2 is 1.62 bits per heavy atom. The number of rotatable bonds is 2. The van der Waals surface area contributed by atoms with Gasteiger partial charge < -0.3 is 23.7 Å². The summed E-state index contributed by atoms with van der Waals surface area (Å²) < 4.78 is 26.5. The number of carbonyl (C=O) groups excluding carboxylic acids is 1. The molecule has 0 unspecified atom stereocenters. The molecule has 0 spiro atoms. The minimum absolute atomic E-state index is 0.137. The second-order valence-electron chi connectivity index (χ2n) is 5.63. The number of fused-ring (bicyclic) bond motifs is 2. The minimum atomic E-state index is -0.564. The first-order chi connectivity index (χ1) is 12.7. The van der Waals surface area contributed by atoms with Gasteiger partial charge in [-0.2, -0.15) is 0 Å². The van der Waals surface area contributed by atoms with Crippen molar-refractivity contribution in [2.45, 2.75) is 0 Å². The van der Waals surface area contributed by atoms with E-state index in [1.807, 2.05) is 0 Å². The summed E-state index contributed by atoms with van der Waals surface area (Å²) in [5, 5.41) is 0.418. The molecule has 7 nitrogen and oxygen atoms in total. The van der Waals surface area contributed by atoms with E-state index in [0.29, 0.717) is 39.1 Å². The van der Waals surface area contributed by atoms with Gasteiger partial charge in [-0.05, 0) is 35.9 Å². The predicted molar refractivity (Wildman–Crippen MR) is 90.7 cm³/mol. The maximum Gasteiger partial charge on any atom is 0.363 e. The second kappa shape index (κ2) is 5.67. The third kappa shape index (κ3) is 2.44. The van der Waals surface area contributed by atoms with Crippen molar-refractivity contribution in [2.75, 3.05) is 13.6 Å². The zero-order valence-corrected chi connectivity index (χ0v) is 13.9. The molecule has 0 bridgehead atoms. The quantitative estimate of drug-likeness (QED) is 0.596. The summed E-state index contributed by atoms with van der Waals surface area (Å²) in [6.45, 7) is 0.305. The van der Waals surface area contributed by atoms with Gasteiger partial charge in [0.25, 0.3) is 0 Å². The van der Waals surface area contributed by atoms with Crippen LogP contribution in [0.5, 0.6) is 23.0 Å². The van der Waals surface area contributed by atoms with Crippen LogP contribution >= 0.6 is 11.6 Å². The van der Waals surface area contributed by atoms with Crippen LogP contribution in [0.1, 0.15) is 11.1 Å². The number of hydrogen-bond donors (Lipinski definition) is 0. The fourth-order valence-corrected chi connectivity index (χ4v) is 2.96. The molecule has 0 saturated heterocycles. The van der Waals surface area contributed by atoms with Crippen LogP contribution in [0.2, 0.25) is 5.02 Å². The molecule has 0 amide bonds. The molecule has 0 aliphatic carbocycles. The lowest BCUT2D eigenvalue weighted by Gasteiger charge is -2.01. The molecule has 3 heterocycles. The summed E-state index contributed by atoms with van der Waals surface area (Å²) in [5.74, 6) is 1.98. The van der Waals surface area contributed by atoms with Crippen molar-refractivity contribution in [3.63, 3.8) is 0 Å². The molecule has 5 rings (SSSR count). The smallest absolute Gasteiger partial charge is 0.363 e. The molecule has 130 valence electrons. The number of aliphatic imine (C=N–C) groups is 1. The van der Waals surface area contributed by atoms with Crippen molar-refractivity contribution in [2.24, 2.45) is 4.99 Å². The van der Waals surface area contributed by atoms with Gasteiger partial charge in [0, 0.05) is 11.6 Å². The number of cyclic esters (lactones) is 1. The van der Waals surface area contributed by atoms with E-state index in [2.05, 4.69) is 4.99 Å². The molecule has 3 aliphatic heterocycles. The second-order valence-corrected chi connectivity index (χ2v) is 6.04. The molecule has 8 heteroatoms. The van der Waals surface area contributed by atoms with Crippen molar-refractivity contribution >= 4 is 29.5 Å². The Morgan fingerprint density at radius 3 is 2.42 bits per heavy atom. The maximum absolute atomic E-state index is 12.2. The van der Waals surface area contributed by atoms with Gasteiger partial charge in [-0.15, -0.1) is 0 Å². The van der Waals surface area contributed by atoms with Crippen molar-refractivity contribution in [3.8, 4) is 23.0 Å². The van der Waals surface area contributed by atoms with E-state index in [1.165, 1.54) is 0 Å². The van der Waals surface area contributed by atoms with Crippen molar-refractivity contribution in [3.05, 3.63) is 52.2 Å². The molecule has 0 fully saturated rings. The molecule has 0 saturated carbocycles. The number of carbonyl (C=O) groups is 1. The fourth-order valence-electron chi connectivity index (χ4n) is 2.75. The van der Waals surface area contributed by atoms with E-state index in [1.54, 1.807) is 36.4 Å². The summed E-state index contributed by atoms with van der Waals surface area (Å²) in [6, 6.07) is 8.53. The molecular formula is C18H10ClNO6. The first-order valence-electron chi connectivity index (χ1n) is 7.69. The van der Waals surface area contributed by atoms with E-state index >= 15 is 0 Å². The Morgan fingerprint density at radius 1 is 0.923 bits per heavy atom. The molecule has 0 radical (unpaired) electrons.